The van der Waals surface area contributed by atoms with Crippen LogP contribution in [0.1, 0.15) is 0 Å². The van der Waals surface area contributed by atoms with Crippen LogP contribution in [0.25, 0.3) is 0 Å². The Morgan fingerprint density at radius 1 is 1.32 bits per heavy atom. The number of nitrogens with zero attached hydrogens (tertiary/aromatic N) is 3. The lowest BCUT2D eigenvalue weighted by Crippen LogP contribution is -2.44. The number of benzene rings is 1. The second-order valence-corrected chi connectivity index (χ2v) is 5.34. The summed E-state index contributed by atoms with van der Waals surface area (Å²) in [5.41, 5.74) is 7.40. The van der Waals surface area contributed by atoms with Crippen LogP contribution in [0.5, 0.6) is 0 Å². The molecule has 6 heteroatoms. The first-order chi connectivity index (χ1) is 9.10. The van der Waals surface area contributed by atoms with E-state index in [1.807, 2.05) is 18.2 Å². The quantitative estimate of drug-likeness (QED) is 0.529. The Labute approximate surface area is 123 Å². The Kier molecular flexibility index (Phi) is 4.91. The van der Waals surface area contributed by atoms with E-state index in [0.29, 0.717) is 16.5 Å². The summed E-state index contributed by atoms with van der Waals surface area (Å²) in [7, 11) is 2.14. The van der Waals surface area contributed by atoms with E-state index in [-0.39, 0.29) is 5.88 Å². The van der Waals surface area contributed by atoms with Gasteiger partial charge in [0.2, 0.25) is 0 Å². The summed E-state index contributed by atoms with van der Waals surface area (Å²) in [5.74, 6) is 0.576. The molecular weight excluding hydrogens is 283 g/mol. The molecule has 0 aromatic heterocycles. The fourth-order valence-corrected chi connectivity index (χ4v) is 2.31. The van der Waals surface area contributed by atoms with Crippen LogP contribution in [-0.4, -0.2) is 49.8 Å². The molecule has 0 radical (unpaired) electrons. The van der Waals surface area contributed by atoms with E-state index in [4.69, 9.17) is 28.9 Å². The van der Waals surface area contributed by atoms with E-state index in [2.05, 4.69) is 21.8 Å². The van der Waals surface area contributed by atoms with Gasteiger partial charge in [0.05, 0.1) is 16.6 Å². The number of halogens is 2. The molecule has 0 atom stereocenters. The van der Waals surface area contributed by atoms with Crippen molar-refractivity contribution >= 4 is 40.4 Å². The summed E-state index contributed by atoms with van der Waals surface area (Å²) in [6.45, 7) is 4.16. The van der Waals surface area contributed by atoms with Crippen molar-refractivity contribution in [3.8, 4) is 0 Å². The average molecular weight is 301 g/mol. The Bertz CT molecular complexity index is 468. The minimum Gasteiger partial charge on any atom is -0.386 e. The molecule has 0 bridgehead atoms. The van der Waals surface area contributed by atoms with Crippen LogP contribution in [0.15, 0.2) is 23.2 Å². The predicted molar refractivity (Wildman–Crippen MR) is 83.2 cm³/mol. The standard InChI is InChI=1S/C13H18Cl2N4/c1-18-4-6-19(7-5-18)10-2-3-12(11(15)8-10)17-13(16)9-14/h2-3,8H,4-7,9H2,1H3,(H2,16,17). The molecule has 2 rings (SSSR count). The number of amidine groups is 1. The number of hydrogen-bond acceptors (Lipinski definition) is 3. The van der Waals surface area contributed by atoms with Crippen LogP contribution in [0.2, 0.25) is 5.02 Å². The monoisotopic (exact) mass is 300 g/mol. The molecule has 2 N–H and O–H groups in total. The van der Waals surface area contributed by atoms with Crippen LogP contribution in [0.3, 0.4) is 0 Å². The van der Waals surface area contributed by atoms with Crippen LogP contribution < -0.4 is 10.6 Å². The van der Waals surface area contributed by atoms with Gasteiger partial charge < -0.3 is 15.5 Å². The highest BCUT2D eigenvalue weighted by molar-refractivity contribution is 6.33. The molecule has 19 heavy (non-hydrogen) atoms. The minimum atomic E-state index is 0.205. The van der Waals surface area contributed by atoms with Crippen molar-refractivity contribution in [3.63, 3.8) is 0 Å². The molecule has 4 nitrogen and oxygen atoms in total. The van der Waals surface area contributed by atoms with Crippen LogP contribution in [-0.2, 0) is 0 Å². The van der Waals surface area contributed by atoms with Gasteiger partial charge in [-0.2, -0.15) is 0 Å². The maximum atomic E-state index is 6.24. The molecule has 0 saturated carbocycles. The van der Waals surface area contributed by atoms with Crippen LogP contribution in [0, 0.1) is 0 Å². The highest BCUT2D eigenvalue weighted by Crippen LogP contribution is 2.30. The number of alkyl halides is 1. The third kappa shape index (κ3) is 3.75. The lowest BCUT2D eigenvalue weighted by Gasteiger charge is -2.34. The maximum Gasteiger partial charge on any atom is 0.115 e. The zero-order valence-electron chi connectivity index (χ0n) is 10.9. The summed E-state index contributed by atoms with van der Waals surface area (Å²) in [5, 5.41) is 0.601. The highest BCUT2D eigenvalue weighted by Gasteiger charge is 2.15. The normalized spacial score (nSPS) is 17.8. The van der Waals surface area contributed by atoms with Crippen LogP contribution >= 0.6 is 23.2 Å². The van der Waals surface area contributed by atoms with Crippen molar-refractivity contribution in [2.75, 3.05) is 44.0 Å². The topological polar surface area (TPSA) is 44.9 Å². The molecule has 1 aliphatic rings. The van der Waals surface area contributed by atoms with Crippen LogP contribution in [0.4, 0.5) is 11.4 Å². The number of likely N-dealkylation sites (N-methyl/N-ethyl adjacent to an activating group) is 1. The van der Waals surface area contributed by atoms with Crippen molar-refractivity contribution < 1.29 is 0 Å². The first kappa shape index (κ1) is 14.4. The van der Waals surface area contributed by atoms with Gasteiger partial charge >= 0.3 is 0 Å². The van der Waals surface area contributed by atoms with Gasteiger partial charge in [-0.3, -0.25) is 0 Å². The summed E-state index contributed by atoms with van der Waals surface area (Å²) in [6, 6.07) is 5.85. The second-order valence-electron chi connectivity index (χ2n) is 4.66. The predicted octanol–water partition coefficient (Wildman–Crippen LogP) is 2.32. The number of anilines is 1. The molecular formula is C13H18Cl2N4. The van der Waals surface area contributed by atoms with E-state index < -0.39 is 0 Å². The highest BCUT2D eigenvalue weighted by atomic mass is 35.5. The van der Waals surface area contributed by atoms with E-state index in [9.17, 15) is 0 Å². The van der Waals surface area contributed by atoms with E-state index in [1.165, 1.54) is 0 Å². The first-order valence-corrected chi connectivity index (χ1v) is 7.13. The molecule has 1 heterocycles. The smallest absolute Gasteiger partial charge is 0.115 e. The number of piperazine rings is 1. The summed E-state index contributed by atoms with van der Waals surface area (Å²) in [6.07, 6.45) is 0. The summed E-state index contributed by atoms with van der Waals surface area (Å²) < 4.78 is 0. The second kappa shape index (κ2) is 6.46. The van der Waals surface area contributed by atoms with Crippen molar-refractivity contribution in [2.24, 2.45) is 10.7 Å². The lowest BCUT2D eigenvalue weighted by atomic mass is 10.2. The van der Waals surface area contributed by atoms with Gasteiger partial charge in [0.25, 0.3) is 0 Å². The van der Waals surface area contributed by atoms with E-state index in [1.54, 1.807) is 0 Å². The molecule has 0 aliphatic carbocycles. The zero-order valence-corrected chi connectivity index (χ0v) is 12.5. The minimum absolute atomic E-state index is 0.205. The Hall–Kier alpha value is -0.970. The molecule has 0 amide bonds. The van der Waals surface area contributed by atoms with E-state index in [0.717, 1.165) is 31.9 Å². The Balaban J connectivity index is 2.15. The molecule has 0 spiro atoms. The molecule has 1 aliphatic heterocycles. The largest absolute Gasteiger partial charge is 0.386 e. The fourth-order valence-electron chi connectivity index (χ4n) is 2.03. The average Bonchev–Trinajstić information content (AvgIpc) is 2.41. The Morgan fingerprint density at radius 3 is 2.58 bits per heavy atom. The first-order valence-electron chi connectivity index (χ1n) is 6.22. The van der Waals surface area contributed by atoms with Gasteiger partial charge in [-0.15, -0.1) is 11.6 Å². The fraction of sp³-hybridized carbons (Fsp3) is 0.462. The Morgan fingerprint density at radius 2 is 2.00 bits per heavy atom. The van der Waals surface area contributed by atoms with Gasteiger partial charge in [-0.25, -0.2) is 4.99 Å². The molecule has 1 aromatic carbocycles. The number of nitrogens with two attached hydrogens (primary N) is 1. The third-order valence-electron chi connectivity index (χ3n) is 3.20. The molecule has 0 unspecified atom stereocenters. The molecule has 104 valence electrons. The van der Waals surface area contributed by atoms with Crippen molar-refractivity contribution in [1.82, 2.24) is 4.90 Å². The SMILES string of the molecule is CN1CCN(c2ccc(N=C(N)CCl)c(Cl)c2)CC1. The van der Waals surface area contributed by atoms with Crippen molar-refractivity contribution in [3.05, 3.63) is 23.2 Å². The number of aliphatic imine (C=N–C) groups is 1. The van der Waals surface area contributed by atoms with Gasteiger partial charge in [0.15, 0.2) is 0 Å². The van der Waals surface area contributed by atoms with Gasteiger partial charge in [-0.1, -0.05) is 11.6 Å². The number of hydrogen-bond donors (Lipinski definition) is 1. The van der Waals surface area contributed by atoms with Crippen molar-refractivity contribution in [1.29, 1.82) is 0 Å². The van der Waals surface area contributed by atoms with Crippen molar-refractivity contribution in [2.45, 2.75) is 0 Å². The summed E-state index contributed by atoms with van der Waals surface area (Å²) >= 11 is 11.8. The molecule has 1 fully saturated rings. The van der Waals surface area contributed by atoms with Gasteiger partial charge in [-0.05, 0) is 25.2 Å². The molecule has 1 aromatic rings. The third-order valence-corrected chi connectivity index (χ3v) is 3.78. The van der Waals surface area contributed by atoms with Gasteiger partial charge in [0.1, 0.15) is 5.84 Å². The van der Waals surface area contributed by atoms with E-state index >= 15 is 0 Å². The van der Waals surface area contributed by atoms with Gasteiger partial charge in [0, 0.05) is 31.9 Å². The number of rotatable bonds is 3. The summed E-state index contributed by atoms with van der Waals surface area (Å²) in [4.78, 5) is 8.82. The lowest BCUT2D eigenvalue weighted by molar-refractivity contribution is 0.313. The maximum absolute atomic E-state index is 6.24. The zero-order chi connectivity index (χ0) is 13.8. The molecule has 1 saturated heterocycles.